The van der Waals surface area contributed by atoms with E-state index in [2.05, 4.69) is 4.85 Å². The molecule has 1 nitrogen and oxygen atoms in total. The van der Waals surface area contributed by atoms with Gasteiger partial charge in [0.2, 0.25) is 6.54 Å². The highest BCUT2D eigenvalue weighted by molar-refractivity contribution is 4.89. The summed E-state index contributed by atoms with van der Waals surface area (Å²) in [7, 11) is 0. The van der Waals surface area contributed by atoms with Gasteiger partial charge < -0.3 is 4.85 Å². The highest BCUT2D eigenvalue weighted by atomic mass is 19.1. The molecule has 74 valence electrons. The summed E-state index contributed by atoms with van der Waals surface area (Å²) in [6.45, 7) is 10.7. The molecule has 0 aromatic heterocycles. The summed E-state index contributed by atoms with van der Waals surface area (Å²) in [5.41, 5.74) is -1.10. The van der Waals surface area contributed by atoms with E-state index < -0.39 is 5.67 Å². The fraction of sp³-hybridized carbons (Fsp3) is 0.909. The average molecular weight is 183 g/mol. The largest absolute Gasteiger partial charge is 0.317 e. The van der Waals surface area contributed by atoms with Crippen LogP contribution in [0.5, 0.6) is 0 Å². The third kappa shape index (κ3) is 2.69. The van der Waals surface area contributed by atoms with Crippen LogP contribution in [0.25, 0.3) is 4.85 Å². The molecular formula is C11H18FN. The van der Waals surface area contributed by atoms with Crippen molar-refractivity contribution in [1.82, 2.24) is 0 Å². The first kappa shape index (κ1) is 10.5. The Morgan fingerprint density at radius 3 is 2.54 bits per heavy atom. The molecule has 1 fully saturated rings. The van der Waals surface area contributed by atoms with Gasteiger partial charge in [0, 0.05) is 11.8 Å². The molecule has 1 saturated carbocycles. The van der Waals surface area contributed by atoms with Crippen molar-refractivity contribution < 1.29 is 4.39 Å². The number of rotatable bonds is 2. The molecule has 2 atom stereocenters. The molecule has 1 rings (SSSR count). The van der Waals surface area contributed by atoms with Crippen molar-refractivity contribution in [2.24, 2.45) is 11.8 Å². The Labute approximate surface area is 80.2 Å². The van der Waals surface area contributed by atoms with Crippen LogP contribution in [0.15, 0.2) is 0 Å². The van der Waals surface area contributed by atoms with Gasteiger partial charge >= 0.3 is 0 Å². The standard InChI is InChI=1S/C11H18FN/c1-11(2,12)10-7-5-4-6-9(10)8-13-3/h9-10H,4-8H2,1-2H3. The van der Waals surface area contributed by atoms with Crippen molar-refractivity contribution in [2.75, 3.05) is 6.54 Å². The number of hydrogen-bond acceptors (Lipinski definition) is 0. The van der Waals surface area contributed by atoms with E-state index in [1.807, 2.05) is 0 Å². The van der Waals surface area contributed by atoms with Crippen LogP contribution < -0.4 is 0 Å². The van der Waals surface area contributed by atoms with Gasteiger partial charge in [-0.05, 0) is 26.7 Å². The molecule has 0 aromatic carbocycles. The van der Waals surface area contributed by atoms with E-state index in [0.717, 1.165) is 19.3 Å². The highest BCUT2D eigenvalue weighted by Crippen LogP contribution is 2.39. The van der Waals surface area contributed by atoms with E-state index in [1.165, 1.54) is 6.42 Å². The van der Waals surface area contributed by atoms with Gasteiger partial charge in [0.25, 0.3) is 0 Å². The van der Waals surface area contributed by atoms with Crippen LogP contribution in [0.2, 0.25) is 0 Å². The Balaban J connectivity index is 2.63. The highest BCUT2D eigenvalue weighted by Gasteiger charge is 2.38. The van der Waals surface area contributed by atoms with Crippen molar-refractivity contribution in [3.63, 3.8) is 0 Å². The quantitative estimate of drug-likeness (QED) is 0.577. The minimum atomic E-state index is -1.10. The molecule has 0 aliphatic heterocycles. The molecule has 2 heteroatoms. The number of alkyl halides is 1. The zero-order valence-electron chi connectivity index (χ0n) is 8.52. The van der Waals surface area contributed by atoms with Crippen LogP contribution in [-0.2, 0) is 0 Å². The van der Waals surface area contributed by atoms with Crippen LogP contribution in [0.1, 0.15) is 39.5 Å². The van der Waals surface area contributed by atoms with E-state index in [9.17, 15) is 4.39 Å². The van der Waals surface area contributed by atoms with Gasteiger partial charge in [0.05, 0.1) is 0 Å². The summed E-state index contributed by atoms with van der Waals surface area (Å²) in [5, 5.41) is 0. The Bertz CT molecular complexity index is 199. The Morgan fingerprint density at radius 2 is 2.00 bits per heavy atom. The van der Waals surface area contributed by atoms with Crippen LogP contribution >= 0.6 is 0 Å². The third-order valence-electron chi connectivity index (χ3n) is 3.12. The van der Waals surface area contributed by atoms with Gasteiger partial charge in [-0.15, -0.1) is 0 Å². The minimum Gasteiger partial charge on any atom is -0.317 e. The molecule has 0 bridgehead atoms. The second-order valence-corrected chi connectivity index (χ2v) is 4.56. The lowest BCUT2D eigenvalue weighted by Crippen LogP contribution is -2.36. The van der Waals surface area contributed by atoms with Gasteiger partial charge in [-0.2, -0.15) is 0 Å². The number of nitrogens with zero attached hydrogens (tertiary/aromatic N) is 1. The SMILES string of the molecule is [C-]#[N+]CC1CCCCC1C(C)(C)F. The van der Waals surface area contributed by atoms with Gasteiger partial charge in [0.15, 0.2) is 0 Å². The summed E-state index contributed by atoms with van der Waals surface area (Å²) >= 11 is 0. The monoisotopic (exact) mass is 183 g/mol. The van der Waals surface area contributed by atoms with E-state index in [-0.39, 0.29) is 5.92 Å². The Hall–Kier alpha value is -0.580. The summed E-state index contributed by atoms with van der Waals surface area (Å²) in [6, 6.07) is 0. The lowest BCUT2D eigenvalue weighted by molar-refractivity contribution is 0.0553. The van der Waals surface area contributed by atoms with E-state index in [1.54, 1.807) is 13.8 Å². The van der Waals surface area contributed by atoms with E-state index >= 15 is 0 Å². The predicted molar refractivity (Wildman–Crippen MR) is 52.1 cm³/mol. The lowest BCUT2D eigenvalue weighted by Gasteiger charge is -2.35. The molecule has 0 heterocycles. The van der Waals surface area contributed by atoms with Crippen LogP contribution in [0.4, 0.5) is 4.39 Å². The molecule has 0 radical (unpaired) electrons. The van der Waals surface area contributed by atoms with Crippen LogP contribution in [-0.4, -0.2) is 12.2 Å². The van der Waals surface area contributed by atoms with Gasteiger partial charge in [-0.1, -0.05) is 12.8 Å². The van der Waals surface area contributed by atoms with Crippen LogP contribution in [0.3, 0.4) is 0 Å². The van der Waals surface area contributed by atoms with E-state index in [4.69, 9.17) is 6.57 Å². The maximum Gasteiger partial charge on any atom is 0.217 e. The number of hydrogen-bond donors (Lipinski definition) is 0. The third-order valence-corrected chi connectivity index (χ3v) is 3.12. The second-order valence-electron chi connectivity index (χ2n) is 4.56. The van der Waals surface area contributed by atoms with Crippen molar-refractivity contribution in [3.05, 3.63) is 11.4 Å². The topological polar surface area (TPSA) is 4.36 Å². The average Bonchev–Trinajstić information content (AvgIpc) is 2.04. The molecule has 2 unspecified atom stereocenters. The summed E-state index contributed by atoms with van der Waals surface area (Å²) in [6.07, 6.45) is 4.31. The maximum absolute atomic E-state index is 13.7. The van der Waals surface area contributed by atoms with Gasteiger partial charge in [0.1, 0.15) is 5.67 Å². The molecule has 0 amide bonds. The first-order valence-corrected chi connectivity index (χ1v) is 5.08. The van der Waals surface area contributed by atoms with Crippen LogP contribution in [0, 0.1) is 18.4 Å². The molecule has 1 aliphatic rings. The molecule has 1 aliphatic carbocycles. The molecule has 13 heavy (non-hydrogen) atoms. The Morgan fingerprint density at radius 1 is 1.38 bits per heavy atom. The van der Waals surface area contributed by atoms with Gasteiger partial charge in [-0.3, -0.25) is 0 Å². The maximum atomic E-state index is 13.7. The minimum absolute atomic E-state index is 0.107. The Kier molecular flexibility index (Phi) is 3.30. The van der Waals surface area contributed by atoms with Crippen molar-refractivity contribution >= 4 is 0 Å². The summed E-state index contributed by atoms with van der Waals surface area (Å²) in [4.78, 5) is 3.41. The van der Waals surface area contributed by atoms with Crippen molar-refractivity contribution in [2.45, 2.75) is 45.2 Å². The molecule has 0 spiro atoms. The molecule has 0 N–H and O–H groups in total. The molecular weight excluding hydrogens is 165 g/mol. The van der Waals surface area contributed by atoms with Crippen molar-refractivity contribution in [3.8, 4) is 0 Å². The summed E-state index contributed by atoms with van der Waals surface area (Å²) < 4.78 is 13.7. The first-order valence-electron chi connectivity index (χ1n) is 5.08. The molecule has 0 saturated heterocycles. The molecule has 0 aromatic rings. The first-order chi connectivity index (χ1) is 6.05. The zero-order valence-corrected chi connectivity index (χ0v) is 8.52. The smallest absolute Gasteiger partial charge is 0.217 e. The lowest BCUT2D eigenvalue weighted by atomic mass is 9.72. The summed E-state index contributed by atoms with van der Waals surface area (Å²) in [5.74, 6) is 0.404. The normalized spacial score (nSPS) is 29.7. The number of halogens is 1. The van der Waals surface area contributed by atoms with E-state index in [0.29, 0.717) is 12.5 Å². The van der Waals surface area contributed by atoms with Gasteiger partial charge in [-0.25, -0.2) is 11.0 Å². The second kappa shape index (κ2) is 4.09. The fourth-order valence-corrected chi connectivity index (χ4v) is 2.45. The predicted octanol–water partition coefficient (Wildman–Crippen LogP) is 3.46. The zero-order chi connectivity index (χ0) is 9.90. The van der Waals surface area contributed by atoms with Crippen molar-refractivity contribution in [1.29, 1.82) is 0 Å². The fourth-order valence-electron chi connectivity index (χ4n) is 2.45.